The van der Waals surface area contributed by atoms with Gasteiger partial charge < -0.3 is 15.5 Å². The van der Waals surface area contributed by atoms with Gasteiger partial charge in [0, 0.05) is 37.4 Å². The maximum Gasteiger partial charge on any atom is 0.245 e. The van der Waals surface area contributed by atoms with Crippen molar-refractivity contribution < 1.29 is 9.59 Å². The lowest BCUT2D eigenvalue weighted by Crippen LogP contribution is -2.60. The number of carbonyl (C=O) groups excluding carboxylic acids is 2. The Labute approximate surface area is 130 Å². The van der Waals surface area contributed by atoms with E-state index in [9.17, 15) is 9.59 Å². The maximum absolute atomic E-state index is 12.1. The summed E-state index contributed by atoms with van der Waals surface area (Å²) >= 11 is 0. The zero-order valence-corrected chi connectivity index (χ0v) is 13.3. The quantitative estimate of drug-likeness (QED) is 0.807. The van der Waals surface area contributed by atoms with Gasteiger partial charge in [-0.25, -0.2) is 0 Å². The molecule has 2 amide bonds. The van der Waals surface area contributed by atoms with Crippen LogP contribution in [0.2, 0.25) is 0 Å². The summed E-state index contributed by atoms with van der Waals surface area (Å²) in [6, 6.07) is -0.581. The normalized spacial score (nSPS) is 28.0. The number of aromatic nitrogens is 2. The Morgan fingerprint density at radius 1 is 1.45 bits per heavy atom. The lowest BCUT2D eigenvalue weighted by molar-refractivity contribution is -0.146. The van der Waals surface area contributed by atoms with Crippen molar-refractivity contribution in [1.29, 1.82) is 0 Å². The van der Waals surface area contributed by atoms with Crippen LogP contribution in [0.15, 0.2) is 6.20 Å². The number of nitrogens with zero attached hydrogens (tertiary/aromatic N) is 3. The molecule has 22 heavy (non-hydrogen) atoms. The minimum Gasteiger partial charge on any atom is -0.343 e. The third-order valence-corrected chi connectivity index (χ3v) is 4.57. The molecule has 0 unspecified atom stereocenters. The molecule has 3 heterocycles. The molecule has 1 aromatic rings. The molecular formula is C15H23N5O2. The Balaban J connectivity index is 1.62. The highest BCUT2D eigenvalue weighted by molar-refractivity contribution is 5.97. The molecule has 2 fully saturated rings. The average molecular weight is 305 g/mol. The van der Waals surface area contributed by atoms with E-state index in [0.717, 1.165) is 17.8 Å². The molecule has 0 aliphatic carbocycles. The molecule has 3 rings (SSSR count). The molecule has 7 nitrogen and oxygen atoms in total. The van der Waals surface area contributed by atoms with E-state index in [1.807, 2.05) is 17.8 Å². The minimum atomic E-state index is -0.410. The highest BCUT2D eigenvalue weighted by Gasteiger charge is 2.44. The number of piperazine rings is 1. The molecule has 7 heteroatoms. The molecular weight excluding hydrogens is 282 g/mol. The van der Waals surface area contributed by atoms with Gasteiger partial charge in [-0.05, 0) is 27.2 Å². The van der Waals surface area contributed by atoms with Crippen LogP contribution in [0, 0.1) is 6.92 Å². The summed E-state index contributed by atoms with van der Waals surface area (Å²) in [6.45, 7) is 7.96. The molecule has 1 aromatic heterocycles. The van der Waals surface area contributed by atoms with E-state index < -0.39 is 6.04 Å². The lowest BCUT2D eigenvalue weighted by atomic mass is 10.1. The molecule has 3 atom stereocenters. The van der Waals surface area contributed by atoms with Gasteiger partial charge >= 0.3 is 0 Å². The number of amides is 2. The number of hydrogen-bond donors (Lipinski definition) is 2. The summed E-state index contributed by atoms with van der Waals surface area (Å²) in [5.41, 5.74) is 2.18. The molecule has 0 radical (unpaired) electrons. The van der Waals surface area contributed by atoms with Gasteiger partial charge in [0.15, 0.2) is 0 Å². The first kappa shape index (κ1) is 15.0. The number of hydrogen-bond acceptors (Lipinski definition) is 4. The third-order valence-electron chi connectivity index (χ3n) is 4.57. The first-order valence-corrected chi connectivity index (χ1v) is 7.86. The van der Waals surface area contributed by atoms with Gasteiger partial charge in [0.1, 0.15) is 12.1 Å². The van der Waals surface area contributed by atoms with E-state index in [0.29, 0.717) is 19.5 Å². The molecule has 2 aliphatic rings. The number of fused-ring (bicyclic) bond motifs is 1. The van der Waals surface area contributed by atoms with Crippen LogP contribution in [0.5, 0.6) is 0 Å². The first-order chi connectivity index (χ1) is 10.5. The van der Waals surface area contributed by atoms with E-state index in [1.54, 1.807) is 11.8 Å². The van der Waals surface area contributed by atoms with E-state index in [2.05, 4.69) is 22.7 Å². The van der Waals surface area contributed by atoms with Crippen molar-refractivity contribution in [3.05, 3.63) is 17.5 Å². The van der Waals surface area contributed by atoms with E-state index in [4.69, 9.17) is 0 Å². The second kappa shape index (κ2) is 5.72. The highest BCUT2D eigenvalue weighted by Crippen LogP contribution is 2.23. The van der Waals surface area contributed by atoms with Gasteiger partial charge in [0.05, 0.1) is 5.69 Å². The van der Waals surface area contributed by atoms with Crippen LogP contribution < -0.4 is 10.6 Å². The van der Waals surface area contributed by atoms with Crippen LogP contribution in [0.3, 0.4) is 0 Å². The summed E-state index contributed by atoms with van der Waals surface area (Å²) < 4.78 is 1.92. The zero-order chi connectivity index (χ0) is 15.9. The summed E-state index contributed by atoms with van der Waals surface area (Å²) in [5, 5.41) is 10.6. The fraction of sp³-hybridized carbons (Fsp3) is 0.667. The van der Waals surface area contributed by atoms with Gasteiger partial charge in [-0.15, -0.1) is 0 Å². The van der Waals surface area contributed by atoms with E-state index >= 15 is 0 Å². The van der Waals surface area contributed by atoms with Gasteiger partial charge in [0.2, 0.25) is 11.8 Å². The van der Waals surface area contributed by atoms with E-state index in [-0.39, 0.29) is 23.9 Å². The third kappa shape index (κ3) is 2.61. The largest absolute Gasteiger partial charge is 0.343 e. The monoisotopic (exact) mass is 305 g/mol. The van der Waals surface area contributed by atoms with Crippen LogP contribution in [0.1, 0.15) is 31.5 Å². The summed E-state index contributed by atoms with van der Waals surface area (Å²) in [7, 11) is 0. The van der Waals surface area contributed by atoms with Crippen molar-refractivity contribution in [2.45, 2.75) is 58.4 Å². The predicted octanol–water partition coefficient (Wildman–Crippen LogP) is -0.211. The second-order valence-electron chi connectivity index (χ2n) is 6.15. The summed E-state index contributed by atoms with van der Waals surface area (Å²) in [4.78, 5) is 25.9. The molecule has 2 aliphatic heterocycles. The van der Waals surface area contributed by atoms with Gasteiger partial charge in [-0.3, -0.25) is 14.3 Å². The smallest absolute Gasteiger partial charge is 0.245 e. The zero-order valence-electron chi connectivity index (χ0n) is 13.3. The van der Waals surface area contributed by atoms with Crippen molar-refractivity contribution >= 4 is 11.8 Å². The Morgan fingerprint density at radius 3 is 2.91 bits per heavy atom. The number of rotatable bonds is 4. The lowest BCUT2D eigenvalue weighted by Gasteiger charge is -2.32. The molecule has 0 aromatic carbocycles. The van der Waals surface area contributed by atoms with Crippen LogP contribution >= 0.6 is 0 Å². The van der Waals surface area contributed by atoms with Crippen molar-refractivity contribution in [2.24, 2.45) is 0 Å². The molecule has 120 valence electrons. The van der Waals surface area contributed by atoms with Crippen LogP contribution in [0.25, 0.3) is 0 Å². The average Bonchev–Trinajstić information content (AvgIpc) is 3.07. The second-order valence-corrected chi connectivity index (χ2v) is 6.15. The van der Waals surface area contributed by atoms with Gasteiger partial charge in [-0.1, -0.05) is 0 Å². The minimum absolute atomic E-state index is 0.0175. The fourth-order valence-corrected chi connectivity index (χ4v) is 3.24. The Hall–Kier alpha value is -1.89. The van der Waals surface area contributed by atoms with Crippen molar-refractivity contribution in [1.82, 2.24) is 25.3 Å². The Morgan fingerprint density at radius 2 is 2.23 bits per heavy atom. The molecule has 0 bridgehead atoms. The van der Waals surface area contributed by atoms with Crippen LogP contribution in [-0.4, -0.2) is 51.2 Å². The standard InChI is InChI=1S/C15H23N5O2/c1-4-19-7-11(9(2)18-19)6-16-12-5-13-14(21)17-10(3)15(22)20(13)8-12/h7,10,12-13,16H,4-6,8H2,1-3H3,(H,17,21)/t10-,12-,13-/m0/s1. The first-order valence-electron chi connectivity index (χ1n) is 7.86. The number of carbonyl (C=O) groups is 2. The molecule has 2 saturated heterocycles. The topological polar surface area (TPSA) is 79.3 Å². The summed E-state index contributed by atoms with van der Waals surface area (Å²) in [5.74, 6) is -0.0183. The number of nitrogens with one attached hydrogen (secondary N) is 2. The maximum atomic E-state index is 12.1. The predicted molar refractivity (Wildman–Crippen MR) is 81.0 cm³/mol. The number of aryl methyl sites for hydroxylation is 2. The van der Waals surface area contributed by atoms with Crippen molar-refractivity contribution in [3.63, 3.8) is 0 Å². The highest BCUT2D eigenvalue weighted by atomic mass is 16.2. The summed E-state index contributed by atoms with van der Waals surface area (Å²) in [6.07, 6.45) is 2.72. The Kier molecular flexibility index (Phi) is 3.90. The van der Waals surface area contributed by atoms with Crippen molar-refractivity contribution in [2.75, 3.05) is 6.54 Å². The Bertz CT molecular complexity index is 597. The fourth-order valence-electron chi connectivity index (χ4n) is 3.24. The van der Waals surface area contributed by atoms with Crippen molar-refractivity contribution in [3.8, 4) is 0 Å². The van der Waals surface area contributed by atoms with Crippen LogP contribution in [-0.2, 0) is 22.7 Å². The van der Waals surface area contributed by atoms with E-state index in [1.165, 1.54) is 0 Å². The van der Waals surface area contributed by atoms with Crippen LogP contribution in [0.4, 0.5) is 0 Å². The molecule has 0 spiro atoms. The SMILES string of the molecule is CCn1cc(CN[C@H]2C[C@H]3C(=O)N[C@@H](C)C(=O)N3C2)c(C)n1. The molecule has 2 N–H and O–H groups in total. The van der Waals surface area contributed by atoms with Gasteiger partial charge in [0.25, 0.3) is 0 Å². The molecule has 0 saturated carbocycles. The van der Waals surface area contributed by atoms with Gasteiger partial charge in [-0.2, -0.15) is 5.10 Å².